The Morgan fingerprint density at radius 2 is 2.29 bits per heavy atom. The van der Waals surface area contributed by atoms with Crippen LogP contribution in [0.1, 0.15) is 22.8 Å². The average Bonchev–Trinajstić information content (AvgIpc) is 2.14. The molecule has 0 bridgehead atoms. The second-order valence-electron chi connectivity index (χ2n) is 3.11. The van der Waals surface area contributed by atoms with Crippen molar-refractivity contribution in [3.8, 4) is 12.3 Å². The molecule has 0 aromatic heterocycles. The molecule has 1 aromatic carbocycles. The van der Waals surface area contributed by atoms with Crippen LogP contribution in [0.3, 0.4) is 0 Å². The zero-order valence-corrected chi connectivity index (χ0v) is 8.42. The summed E-state index contributed by atoms with van der Waals surface area (Å²) in [6, 6.07) is 5.68. The van der Waals surface area contributed by atoms with Crippen molar-refractivity contribution in [2.45, 2.75) is 13.8 Å². The molecular formula is C12H13NO. The van der Waals surface area contributed by atoms with Gasteiger partial charge in [-0.2, -0.15) is 0 Å². The maximum Gasteiger partial charge on any atom is 0.162 e. The van der Waals surface area contributed by atoms with Crippen molar-refractivity contribution in [3.63, 3.8) is 0 Å². The van der Waals surface area contributed by atoms with Crippen LogP contribution in [0.5, 0.6) is 0 Å². The van der Waals surface area contributed by atoms with Crippen LogP contribution in [0.15, 0.2) is 18.2 Å². The van der Waals surface area contributed by atoms with E-state index in [2.05, 4.69) is 11.2 Å². The summed E-state index contributed by atoms with van der Waals surface area (Å²) in [6.45, 7) is 3.91. The lowest BCUT2D eigenvalue weighted by Gasteiger charge is -2.10. The lowest BCUT2D eigenvalue weighted by molar-refractivity contribution is 0.101. The predicted octanol–water partition coefficient (Wildman–Crippen LogP) is 2.24. The molecule has 1 rings (SSSR count). The highest BCUT2D eigenvalue weighted by molar-refractivity contribution is 6.00. The SMILES string of the molecule is C#CCNc1cccc(C)c1C(C)=O. The minimum atomic E-state index is 0.0580. The molecule has 0 aliphatic rings. The molecular weight excluding hydrogens is 174 g/mol. The molecule has 0 aliphatic heterocycles. The van der Waals surface area contributed by atoms with E-state index in [1.165, 1.54) is 0 Å². The Bertz CT molecular complexity index is 388. The van der Waals surface area contributed by atoms with Gasteiger partial charge < -0.3 is 5.32 Å². The van der Waals surface area contributed by atoms with Crippen molar-refractivity contribution in [1.29, 1.82) is 0 Å². The fraction of sp³-hybridized carbons (Fsp3) is 0.250. The number of benzene rings is 1. The molecule has 0 spiro atoms. The van der Waals surface area contributed by atoms with Crippen LogP contribution < -0.4 is 5.32 Å². The third kappa shape index (κ3) is 2.14. The molecule has 0 aliphatic carbocycles. The van der Waals surface area contributed by atoms with Crippen LogP contribution in [0.4, 0.5) is 5.69 Å². The third-order valence-corrected chi connectivity index (χ3v) is 2.01. The highest BCUT2D eigenvalue weighted by Gasteiger charge is 2.08. The molecule has 1 aromatic rings. The predicted molar refractivity (Wildman–Crippen MR) is 58.5 cm³/mol. The van der Waals surface area contributed by atoms with E-state index in [1.54, 1.807) is 6.92 Å². The van der Waals surface area contributed by atoms with E-state index >= 15 is 0 Å². The average molecular weight is 187 g/mol. The Morgan fingerprint density at radius 3 is 2.86 bits per heavy atom. The number of hydrogen-bond donors (Lipinski definition) is 1. The van der Waals surface area contributed by atoms with Gasteiger partial charge in [0.25, 0.3) is 0 Å². The number of terminal acetylenes is 1. The summed E-state index contributed by atoms with van der Waals surface area (Å²) in [4.78, 5) is 11.4. The first-order valence-corrected chi connectivity index (χ1v) is 4.44. The van der Waals surface area contributed by atoms with Gasteiger partial charge in [-0.15, -0.1) is 6.42 Å². The van der Waals surface area contributed by atoms with Gasteiger partial charge in [0, 0.05) is 11.3 Å². The molecule has 0 atom stereocenters. The molecule has 2 heteroatoms. The Hall–Kier alpha value is -1.75. The smallest absolute Gasteiger partial charge is 0.162 e. The van der Waals surface area contributed by atoms with E-state index in [4.69, 9.17) is 6.42 Å². The van der Waals surface area contributed by atoms with E-state index in [-0.39, 0.29) is 5.78 Å². The topological polar surface area (TPSA) is 29.1 Å². The number of hydrogen-bond acceptors (Lipinski definition) is 2. The summed E-state index contributed by atoms with van der Waals surface area (Å²) < 4.78 is 0. The molecule has 0 fully saturated rings. The molecule has 14 heavy (non-hydrogen) atoms. The standard InChI is InChI=1S/C12H13NO/c1-4-8-13-11-7-5-6-9(2)12(11)10(3)14/h1,5-7,13H,8H2,2-3H3. The fourth-order valence-electron chi connectivity index (χ4n) is 1.43. The molecule has 2 nitrogen and oxygen atoms in total. The maximum absolute atomic E-state index is 11.4. The molecule has 0 unspecified atom stereocenters. The number of anilines is 1. The molecule has 0 radical (unpaired) electrons. The van der Waals surface area contributed by atoms with Crippen molar-refractivity contribution in [2.24, 2.45) is 0 Å². The Morgan fingerprint density at radius 1 is 1.57 bits per heavy atom. The van der Waals surface area contributed by atoms with Crippen molar-refractivity contribution in [1.82, 2.24) is 0 Å². The second kappa shape index (κ2) is 4.48. The third-order valence-electron chi connectivity index (χ3n) is 2.01. The van der Waals surface area contributed by atoms with Gasteiger partial charge in [-0.3, -0.25) is 4.79 Å². The summed E-state index contributed by atoms with van der Waals surface area (Å²) in [6.07, 6.45) is 5.14. The highest BCUT2D eigenvalue weighted by atomic mass is 16.1. The number of rotatable bonds is 3. The van der Waals surface area contributed by atoms with Gasteiger partial charge in [0.15, 0.2) is 5.78 Å². The summed E-state index contributed by atoms with van der Waals surface area (Å²) in [5, 5.41) is 3.03. The fourth-order valence-corrected chi connectivity index (χ4v) is 1.43. The van der Waals surface area contributed by atoms with Crippen LogP contribution in [0.25, 0.3) is 0 Å². The van der Waals surface area contributed by atoms with Crippen molar-refractivity contribution in [3.05, 3.63) is 29.3 Å². The van der Waals surface area contributed by atoms with E-state index < -0.39 is 0 Å². The van der Waals surface area contributed by atoms with E-state index in [0.717, 1.165) is 16.8 Å². The Balaban J connectivity index is 3.09. The second-order valence-corrected chi connectivity index (χ2v) is 3.11. The van der Waals surface area contributed by atoms with Gasteiger partial charge in [0.1, 0.15) is 0 Å². The first-order chi connectivity index (χ1) is 6.66. The maximum atomic E-state index is 11.4. The van der Waals surface area contributed by atoms with Crippen LogP contribution in [0.2, 0.25) is 0 Å². The zero-order chi connectivity index (χ0) is 10.6. The summed E-state index contributed by atoms with van der Waals surface area (Å²) in [5.41, 5.74) is 2.51. The van der Waals surface area contributed by atoms with E-state index in [9.17, 15) is 4.79 Å². The first-order valence-electron chi connectivity index (χ1n) is 4.44. The van der Waals surface area contributed by atoms with Crippen molar-refractivity contribution >= 4 is 11.5 Å². The van der Waals surface area contributed by atoms with Crippen molar-refractivity contribution < 1.29 is 4.79 Å². The number of nitrogens with one attached hydrogen (secondary N) is 1. The van der Waals surface area contributed by atoms with Gasteiger partial charge in [0.2, 0.25) is 0 Å². The van der Waals surface area contributed by atoms with Gasteiger partial charge in [0.05, 0.1) is 6.54 Å². The number of carbonyl (C=O) groups is 1. The highest BCUT2D eigenvalue weighted by Crippen LogP contribution is 2.19. The molecule has 0 heterocycles. The van der Waals surface area contributed by atoms with Crippen LogP contribution in [-0.4, -0.2) is 12.3 Å². The lowest BCUT2D eigenvalue weighted by atomic mass is 10.0. The normalized spacial score (nSPS) is 9.21. The van der Waals surface area contributed by atoms with E-state index in [1.807, 2.05) is 25.1 Å². The minimum Gasteiger partial charge on any atom is -0.374 e. The summed E-state index contributed by atoms with van der Waals surface area (Å²) in [7, 11) is 0. The van der Waals surface area contributed by atoms with E-state index in [0.29, 0.717) is 6.54 Å². The number of aryl methyl sites for hydroxylation is 1. The molecule has 0 saturated carbocycles. The quantitative estimate of drug-likeness (QED) is 0.580. The Labute approximate surface area is 84.3 Å². The van der Waals surface area contributed by atoms with Gasteiger partial charge in [-0.05, 0) is 25.5 Å². The number of ketones is 1. The lowest BCUT2D eigenvalue weighted by Crippen LogP contribution is -2.06. The minimum absolute atomic E-state index is 0.0580. The van der Waals surface area contributed by atoms with Crippen LogP contribution >= 0.6 is 0 Å². The largest absolute Gasteiger partial charge is 0.374 e. The summed E-state index contributed by atoms with van der Waals surface area (Å²) >= 11 is 0. The monoisotopic (exact) mass is 187 g/mol. The zero-order valence-electron chi connectivity index (χ0n) is 8.42. The van der Waals surface area contributed by atoms with Gasteiger partial charge in [-0.1, -0.05) is 18.1 Å². The first kappa shape index (κ1) is 10.3. The molecule has 72 valence electrons. The Kier molecular flexibility index (Phi) is 3.30. The number of carbonyl (C=O) groups excluding carboxylic acids is 1. The van der Waals surface area contributed by atoms with Gasteiger partial charge >= 0.3 is 0 Å². The molecule has 1 N–H and O–H groups in total. The summed E-state index contributed by atoms with van der Waals surface area (Å²) in [5.74, 6) is 2.54. The van der Waals surface area contributed by atoms with Crippen molar-refractivity contribution in [2.75, 3.05) is 11.9 Å². The molecule has 0 amide bonds. The van der Waals surface area contributed by atoms with Gasteiger partial charge in [-0.25, -0.2) is 0 Å². The number of Topliss-reactive ketones (excluding diaryl/α,β-unsaturated/α-hetero) is 1. The van der Waals surface area contributed by atoms with Crippen LogP contribution in [-0.2, 0) is 0 Å². The van der Waals surface area contributed by atoms with Crippen LogP contribution in [0, 0.1) is 19.3 Å². The molecule has 0 saturated heterocycles.